The van der Waals surface area contributed by atoms with Crippen molar-refractivity contribution in [3.05, 3.63) is 12.2 Å². The predicted octanol–water partition coefficient (Wildman–Crippen LogP) is 4.56. The van der Waals surface area contributed by atoms with E-state index < -0.39 is 0 Å². The molecule has 0 aromatic heterocycles. The highest BCUT2D eigenvalue weighted by molar-refractivity contribution is 5.20. The lowest BCUT2D eigenvalue weighted by Crippen LogP contribution is -2.47. The summed E-state index contributed by atoms with van der Waals surface area (Å²) < 4.78 is 0. The van der Waals surface area contributed by atoms with Gasteiger partial charge in [-0.05, 0) is 92.8 Å². The molecule has 4 aliphatic rings. The molecule has 7 atom stereocenters. The zero-order valence-corrected chi connectivity index (χ0v) is 13.0. The van der Waals surface area contributed by atoms with E-state index in [1.807, 2.05) is 0 Å². The molecule has 0 aliphatic heterocycles. The molecule has 0 unspecified atom stereocenters. The highest BCUT2D eigenvalue weighted by Gasteiger charge is 2.54. The maximum absolute atomic E-state index is 9.96. The van der Waals surface area contributed by atoms with Gasteiger partial charge in [-0.3, -0.25) is 0 Å². The molecule has 0 amide bonds. The van der Waals surface area contributed by atoms with Crippen LogP contribution in [0.25, 0.3) is 0 Å². The number of fused-ring (bicyclic) bond motifs is 5. The van der Waals surface area contributed by atoms with Gasteiger partial charge >= 0.3 is 0 Å². The van der Waals surface area contributed by atoms with Gasteiger partial charge in [-0.15, -0.1) is 0 Å². The van der Waals surface area contributed by atoms with Crippen molar-refractivity contribution in [3.8, 4) is 0 Å². The van der Waals surface area contributed by atoms with Crippen molar-refractivity contribution in [2.75, 3.05) is 0 Å². The Kier molecular flexibility index (Phi) is 3.07. The summed E-state index contributed by atoms with van der Waals surface area (Å²) in [5, 5.41) is 9.96. The first kappa shape index (κ1) is 13.4. The SMILES string of the molecule is C=C1CC[C@H]2[C@@H]3CC[C@@H]4C[C@@H](O)CC[C@@H]4[C@H]3CC[C@]12C. The topological polar surface area (TPSA) is 20.2 Å². The van der Waals surface area contributed by atoms with E-state index in [9.17, 15) is 5.11 Å². The lowest BCUT2D eigenvalue weighted by atomic mass is 9.50. The van der Waals surface area contributed by atoms with Gasteiger partial charge in [0.15, 0.2) is 0 Å². The van der Waals surface area contributed by atoms with Crippen LogP contribution in [-0.4, -0.2) is 11.2 Å². The molecule has 0 spiro atoms. The fraction of sp³-hybridized carbons (Fsp3) is 0.895. The van der Waals surface area contributed by atoms with E-state index in [4.69, 9.17) is 0 Å². The Morgan fingerprint density at radius 1 is 1.00 bits per heavy atom. The first-order valence-corrected chi connectivity index (χ1v) is 8.96. The van der Waals surface area contributed by atoms with Gasteiger partial charge in [0.05, 0.1) is 6.10 Å². The Morgan fingerprint density at radius 3 is 2.65 bits per heavy atom. The molecule has 1 nitrogen and oxygen atoms in total. The monoisotopic (exact) mass is 274 g/mol. The Morgan fingerprint density at radius 2 is 1.80 bits per heavy atom. The third kappa shape index (κ3) is 1.78. The highest BCUT2D eigenvalue weighted by atomic mass is 16.3. The second-order valence-corrected chi connectivity index (χ2v) is 8.50. The van der Waals surface area contributed by atoms with Gasteiger partial charge in [-0.1, -0.05) is 19.1 Å². The van der Waals surface area contributed by atoms with Crippen LogP contribution in [0.2, 0.25) is 0 Å². The van der Waals surface area contributed by atoms with Crippen LogP contribution in [0.5, 0.6) is 0 Å². The lowest BCUT2D eigenvalue weighted by Gasteiger charge is -2.55. The molecular formula is C19H30O. The molecular weight excluding hydrogens is 244 g/mol. The van der Waals surface area contributed by atoms with Gasteiger partial charge in [-0.2, -0.15) is 0 Å². The maximum Gasteiger partial charge on any atom is 0.0543 e. The van der Waals surface area contributed by atoms with Crippen molar-refractivity contribution in [2.45, 2.75) is 70.8 Å². The zero-order valence-electron chi connectivity index (χ0n) is 13.0. The van der Waals surface area contributed by atoms with E-state index in [1.165, 1.54) is 44.9 Å². The van der Waals surface area contributed by atoms with Gasteiger partial charge in [0.2, 0.25) is 0 Å². The summed E-state index contributed by atoms with van der Waals surface area (Å²) in [6, 6.07) is 0. The molecule has 4 saturated carbocycles. The normalized spacial score (nSPS) is 55.0. The van der Waals surface area contributed by atoms with E-state index in [1.54, 1.807) is 5.57 Å². The molecule has 4 aliphatic carbocycles. The number of hydrogen-bond acceptors (Lipinski definition) is 1. The van der Waals surface area contributed by atoms with Crippen molar-refractivity contribution >= 4 is 0 Å². The molecule has 0 aromatic carbocycles. The van der Waals surface area contributed by atoms with Gasteiger partial charge in [0.1, 0.15) is 0 Å². The fourth-order valence-corrected chi connectivity index (χ4v) is 6.74. The summed E-state index contributed by atoms with van der Waals surface area (Å²) in [4.78, 5) is 0. The first-order chi connectivity index (χ1) is 9.59. The summed E-state index contributed by atoms with van der Waals surface area (Å²) in [6.45, 7) is 6.92. The first-order valence-electron chi connectivity index (χ1n) is 8.96. The second kappa shape index (κ2) is 4.60. The Hall–Kier alpha value is -0.300. The van der Waals surface area contributed by atoms with Crippen molar-refractivity contribution < 1.29 is 5.11 Å². The minimum absolute atomic E-state index is 0.00733. The van der Waals surface area contributed by atoms with Crippen LogP contribution in [0, 0.1) is 35.0 Å². The Bertz CT molecular complexity index is 414. The molecule has 4 fully saturated rings. The van der Waals surface area contributed by atoms with Crippen LogP contribution < -0.4 is 0 Å². The molecule has 1 heteroatoms. The van der Waals surface area contributed by atoms with Crippen molar-refractivity contribution in [2.24, 2.45) is 35.0 Å². The molecule has 112 valence electrons. The molecule has 0 bridgehead atoms. The Balaban J connectivity index is 1.58. The number of aliphatic hydroxyl groups excluding tert-OH is 1. The number of hydrogen-bond donors (Lipinski definition) is 1. The van der Waals surface area contributed by atoms with Crippen LogP contribution in [0.4, 0.5) is 0 Å². The van der Waals surface area contributed by atoms with E-state index in [2.05, 4.69) is 13.5 Å². The van der Waals surface area contributed by atoms with Crippen LogP contribution >= 0.6 is 0 Å². The molecule has 0 aromatic rings. The standard InChI is InChI=1S/C19H30O/c1-12-3-8-18-17-6-4-13-11-14(20)5-7-15(13)16(17)9-10-19(12,18)2/h13-18,20H,1,3-11H2,2H3/t13-,14+,15+,16-,17-,18+,19-/m1/s1. The fourth-order valence-electron chi connectivity index (χ4n) is 6.74. The molecule has 20 heavy (non-hydrogen) atoms. The summed E-state index contributed by atoms with van der Waals surface area (Å²) in [5.41, 5.74) is 2.03. The smallest absolute Gasteiger partial charge is 0.0543 e. The van der Waals surface area contributed by atoms with E-state index in [0.29, 0.717) is 5.41 Å². The lowest BCUT2D eigenvalue weighted by molar-refractivity contribution is -0.0610. The van der Waals surface area contributed by atoms with Crippen molar-refractivity contribution in [1.82, 2.24) is 0 Å². The highest BCUT2D eigenvalue weighted by Crippen LogP contribution is 2.63. The van der Waals surface area contributed by atoms with Gasteiger partial charge in [0.25, 0.3) is 0 Å². The van der Waals surface area contributed by atoms with E-state index >= 15 is 0 Å². The van der Waals surface area contributed by atoms with Crippen LogP contribution in [0.15, 0.2) is 12.2 Å². The average Bonchev–Trinajstić information content (AvgIpc) is 2.74. The third-order valence-electron chi connectivity index (χ3n) is 7.88. The number of allylic oxidation sites excluding steroid dienone is 1. The number of rotatable bonds is 0. The molecule has 0 saturated heterocycles. The average molecular weight is 274 g/mol. The van der Waals surface area contributed by atoms with Crippen LogP contribution in [0.3, 0.4) is 0 Å². The molecule has 1 N–H and O–H groups in total. The largest absolute Gasteiger partial charge is 0.393 e. The van der Waals surface area contributed by atoms with Gasteiger partial charge < -0.3 is 5.11 Å². The molecule has 0 heterocycles. The van der Waals surface area contributed by atoms with Crippen molar-refractivity contribution in [1.29, 1.82) is 0 Å². The van der Waals surface area contributed by atoms with Crippen molar-refractivity contribution in [3.63, 3.8) is 0 Å². The van der Waals surface area contributed by atoms with E-state index in [0.717, 1.165) is 42.4 Å². The number of aliphatic hydroxyl groups is 1. The van der Waals surface area contributed by atoms with Crippen LogP contribution in [-0.2, 0) is 0 Å². The Labute approximate surface area is 123 Å². The van der Waals surface area contributed by atoms with Gasteiger partial charge in [0, 0.05) is 0 Å². The quantitative estimate of drug-likeness (QED) is 0.642. The maximum atomic E-state index is 9.96. The molecule has 4 rings (SSSR count). The van der Waals surface area contributed by atoms with Crippen LogP contribution in [0.1, 0.15) is 64.7 Å². The summed E-state index contributed by atoms with van der Waals surface area (Å²) in [6.07, 6.45) is 11.8. The van der Waals surface area contributed by atoms with Gasteiger partial charge in [-0.25, -0.2) is 0 Å². The van der Waals surface area contributed by atoms with E-state index in [-0.39, 0.29) is 6.10 Å². The minimum atomic E-state index is 0.00733. The third-order valence-corrected chi connectivity index (χ3v) is 7.88. The predicted molar refractivity (Wildman–Crippen MR) is 82.3 cm³/mol. The second-order valence-electron chi connectivity index (χ2n) is 8.50. The minimum Gasteiger partial charge on any atom is -0.393 e. The summed E-state index contributed by atoms with van der Waals surface area (Å²) in [7, 11) is 0. The zero-order chi connectivity index (χ0) is 13.9. The summed E-state index contributed by atoms with van der Waals surface area (Å²) in [5.74, 6) is 4.67. The molecule has 0 radical (unpaired) electrons. The summed E-state index contributed by atoms with van der Waals surface area (Å²) >= 11 is 0.